The van der Waals surface area contributed by atoms with E-state index in [9.17, 15) is 9.18 Å². The van der Waals surface area contributed by atoms with Crippen molar-refractivity contribution in [2.24, 2.45) is 5.92 Å². The summed E-state index contributed by atoms with van der Waals surface area (Å²) in [6.45, 7) is 4.32. The molecule has 2 saturated heterocycles. The van der Waals surface area contributed by atoms with Gasteiger partial charge in [0.2, 0.25) is 5.91 Å². The molecule has 0 aromatic heterocycles. The summed E-state index contributed by atoms with van der Waals surface area (Å²) in [5, 5.41) is 4.48. The van der Waals surface area contributed by atoms with Crippen molar-refractivity contribution in [2.45, 2.75) is 50.7 Å². The number of hydrogen-bond donors (Lipinski definition) is 1. The zero-order valence-electron chi connectivity index (χ0n) is 23.5. The van der Waals surface area contributed by atoms with Crippen molar-refractivity contribution >= 4 is 34.8 Å². The first-order chi connectivity index (χ1) is 20.4. The number of carbonyl (C=O) groups is 1. The molecule has 222 valence electrons. The van der Waals surface area contributed by atoms with E-state index in [1.165, 1.54) is 25.0 Å². The van der Waals surface area contributed by atoms with Crippen LogP contribution in [0.25, 0.3) is 0 Å². The van der Waals surface area contributed by atoms with Crippen molar-refractivity contribution in [3.63, 3.8) is 0 Å². The van der Waals surface area contributed by atoms with Gasteiger partial charge in [0, 0.05) is 37.4 Å². The van der Waals surface area contributed by atoms with Gasteiger partial charge in [0.1, 0.15) is 23.1 Å². The summed E-state index contributed by atoms with van der Waals surface area (Å²) in [7, 11) is 0. The second-order valence-corrected chi connectivity index (χ2v) is 12.4. The monoisotopic (exact) mass is 611 g/mol. The van der Waals surface area contributed by atoms with E-state index in [4.69, 9.17) is 32.7 Å². The summed E-state index contributed by atoms with van der Waals surface area (Å²) >= 11 is 12.9. The van der Waals surface area contributed by atoms with E-state index in [0.29, 0.717) is 40.6 Å². The van der Waals surface area contributed by atoms with Gasteiger partial charge < -0.3 is 24.6 Å². The summed E-state index contributed by atoms with van der Waals surface area (Å²) in [5.74, 6) is 1.37. The molecule has 1 saturated carbocycles. The molecule has 3 aromatic rings. The molecule has 2 unspecified atom stereocenters. The number of halogens is 3. The number of anilines is 1. The molecule has 3 aromatic carbocycles. The van der Waals surface area contributed by atoms with Crippen LogP contribution in [0.3, 0.4) is 0 Å². The van der Waals surface area contributed by atoms with E-state index < -0.39 is 0 Å². The maximum Gasteiger partial charge on any atom is 0.225 e. The molecule has 0 radical (unpaired) electrons. The molecule has 1 N–H and O–H groups in total. The van der Waals surface area contributed by atoms with Crippen LogP contribution in [0, 0.1) is 11.7 Å². The average Bonchev–Trinajstić information content (AvgIpc) is 3.40. The van der Waals surface area contributed by atoms with Gasteiger partial charge in [-0.2, -0.15) is 0 Å². The third kappa shape index (κ3) is 7.49. The molecule has 1 amide bonds. The van der Waals surface area contributed by atoms with E-state index >= 15 is 0 Å². The van der Waals surface area contributed by atoms with Crippen molar-refractivity contribution < 1.29 is 18.7 Å². The molecule has 0 spiro atoms. The fourth-order valence-corrected chi connectivity index (χ4v) is 6.18. The molecule has 3 aliphatic rings. The molecule has 1 aliphatic carbocycles. The van der Waals surface area contributed by atoms with Crippen LogP contribution in [0.4, 0.5) is 10.1 Å². The predicted octanol–water partition coefficient (Wildman–Crippen LogP) is 7.12. The highest BCUT2D eigenvalue weighted by molar-refractivity contribution is 6.32. The zero-order chi connectivity index (χ0) is 29.1. The van der Waals surface area contributed by atoms with Gasteiger partial charge in [0.15, 0.2) is 0 Å². The Balaban J connectivity index is 1.09. The first-order valence-electron chi connectivity index (χ1n) is 14.9. The van der Waals surface area contributed by atoms with Crippen LogP contribution in [0.15, 0.2) is 60.7 Å². The molecule has 2 aliphatic heterocycles. The van der Waals surface area contributed by atoms with Crippen LogP contribution in [-0.2, 0) is 11.2 Å². The second-order valence-electron chi connectivity index (χ2n) is 11.6. The Kier molecular flexibility index (Phi) is 9.08. The highest BCUT2D eigenvalue weighted by Crippen LogP contribution is 2.36. The number of ether oxygens (including phenoxy) is 2. The van der Waals surface area contributed by atoms with E-state index in [1.807, 2.05) is 24.3 Å². The van der Waals surface area contributed by atoms with Gasteiger partial charge in [-0.15, -0.1) is 0 Å². The summed E-state index contributed by atoms with van der Waals surface area (Å²) in [6.07, 6.45) is 6.34. The van der Waals surface area contributed by atoms with Crippen molar-refractivity contribution in [1.29, 1.82) is 0 Å². The van der Waals surface area contributed by atoms with Crippen molar-refractivity contribution in [2.75, 3.05) is 37.6 Å². The number of nitrogens with one attached hydrogen (secondary N) is 1. The number of benzene rings is 3. The largest absolute Gasteiger partial charge is 0.489 e. The van der Waals surface area contributed by atoms with Crippen LogP contribution in [-0.4, -0.2) is 55.7 Å². The minimum Gasteiger partial charge on any atom is -0.489 e. The number of amides is 1. The minimum absolute atomic E-state index is 0.0119. The van der Waals surface area contributed by atoms with Gasteiger partial charge in [0.25, 0.3) is 0 Å². The molecule has 6 rings (SSSR count). The maximum atomic E-state index is 13.6. The van der Waals surface area contributed by atoms with Gasteiger partial charge in [-0.1, -0.05) is 29.3 Å². The third-order valence-electron chi connectivity index (χ3n) is 8.20. The number of hydrogen-bond acceptors (Lipinski definition) is 5. The smallest absolute Gasteiger partial charge is 0.225 e. The predicted molar refractivity (Wildman–Crippen MR) is 165 cm³/mol. The van der Waals surface area contributed by atoms with Crippen molar-refractivity contribution in [3.8, 4) is 17.2 Å². The number of rotatable bonds is 11. The Morgan fingerprint density at radius 1 is 0.929 bits per heavy atom. The van der Waals surface area contributed by atoms with Gasteiger partial charge in [-0.05, 0) is 106 Å². The van der Waals surface area contributed by atoms with Crippen LogP contribution in [0.5, 0.6) is 17.2 Å². The zero-order valence-corrected chi connectivity index (χ0v) is 25.0. The topological polar surface area (TPSA) is 54.0 Å². The Hall–Kier alpha value is -3.00. The van der Waals surface area contributed by atoms with E-state index in [1.54, 1.807) is 18.2 Å². The summed E-state index contributed by atoms with van der Waals surface area (Å²) in [6, 6.07) is 17.4. The van der Waals surface area contributed by atoms with Gasteiger partial charge >= 0.3 is 0 Å². The molecular weight excluding hydrogens is 576 g/mol. The molecule has 42 heavy (non-hydrogen) atoms. The van der Waals surface area contributed by atoms with Crippen molar-refractivity contribution in [1.82, 2.24) is 10.2 Å². The fraction of sp³-hybridized carbons (Fsp3) is 0.424. The lowest BCUT2D eigenvalue weighted by molar-refractivity contribution is -0.125. The minimum atomic E-state index is -0.327. The van der Waals surface area contributed by atoms with Crippen LogP contribution in [0.2, 0.25) is 10.0 Å². The first kappa shape index (κ1) is 29.1. The molecule has 3 fully saturated rings. The van der Waals surface area contributed by atoms with Crippen LogP contribution >= 0.6 is 23.2 Å². The maximum absolute atomic E-state index is 13.6. The quantitative estimate of drug-likeness (QED) is 0.250. The normalized spacial score (nSPS) is 19.6. The molecule has 2 atom stereocenters. The highest BCUT2D eigenvalue weighted by atomic mass is 35.5. The summed E-state index contributed by atoms with van der Waals surface area (Å²) in [4.78, 5) is 18.2. The molecular formula is C33H36Cl2FN3O3. The number of carbonyl (C=O) groups excluding carboxylic acids is 1. The van der Waals surface area contributed by atoms with Gasteiger partial charge in [-0.25, -0.2) is 4.39 Å². The Labute approximate surface area is 256 Å². The molecule has 0 bridgehead atoms. The summed E-state index contributed by atoms with van der Waals surface area (Å²) in [5.41, 5.74) is 2.03. The highest BCUT2D eigenvalue weighted by Gasteiger charge is 2.31. The lowest BCUT2D eigenvalue weighted by Gasteiger charge is -2.26. The van der Waals surface area contributed by atoms with Crippen LogP contribution in [0.1, 0.15) is 37.7 Å². The van der Waals surface area contributed by atoms with Crippen LogP contribution < -0.4 is 19.7 Å². The first-order valence-corrected chi connectivity index (χ1v) is 15.6. The Morgan fingerprint density at radius 3 is 2.45 bits per heavy atom. The molecule has 2 heterocycles. The Morgan fingerprint density at radius 2 is 1.71 bits per heavy atom. The SMILES string of the molecule is O=C(NC(Cc1ccc(OC2CC2)c(Cl)c1)CN1CCCC1)C1CCN(c2ccc(Cl)c(Oc3ccc(F)cc3)c2)C1. The van der Waals surface area contributed by atoms with Gasteiger partial charge in [-0.3, -0.25) is 4.79 Å². The van der Waals surface area contributed by atoms with Gasteiger partial charge in [0.05, 0.1) is 22.1 Å². The fourth-order valence-electron chi connectivity index (χ4n) is 5.78. The summed E-state index contributed by atoms with van der Waals surface area (Å²) < 4.78 is 25.1. The lowest BCUT2D eigenvalue weighted by atomic mass is 10.0. The lowest BCUT2D eigenvalue weighted by Crippen LogP contribution is -2.46. The number of nitrogens with zero attached hydrogens (tertiary/aromatic N) is 2. The van der Waals surface area contributed by atoms with E-state index in [-0.39, 0.29) is 23.7 Å². The standard InChI is InChI=1S/C33H36Cl2FN3O3/c34-29-11-6-26(19-32(29)42-27-7-4-24(36)5-8-27)39-16-13-23(20-39)33(40)37-25(21-38-14-1-2-15-38)17-22-3-12-31(30(35)18-22)41-28-9-10-28/h3-8,11-12,18-19,23,25,28H,1-2,9-10,13-17,20-21H2,(H,37,40). The average molecular weight is 613 g/mol. The molecule has 9 heteroatoms. The Bertz CT molecular complexity index is 1400. The second kappa shape index (κ2) is 13.1. The van der Waals surface area contributed by atoms with E-state index in [0.717, 1.165) is 62.4 Å². The third-order valence-corrected chi connectivity index (χ3v) is 8.81. The van der Waals surface area contributed by atoms with Crippen molar-refractivity contribution in [3.05, 3.63) is 82.1 Å². The number of likely N-dealkylation sites (tertiary alicyclic amines) is 1. The molecule has 6 nitrogen and oxygen atoms in total. The van der Waals surface area contributed by atoms with E-state index in [2.05, 4.69) is 21.2 Å².